The van der Waals surface area contributed by atoms with Crippen LogP contribution in [0.5, 0.6) is 0 Å². The molecule has 4 heteroatoms. The molecule has 1 aliphatic rings. The van der Waals surface area contributed by atoms with Crippen molar-refractivity contribution in [2.75, 3.05) is 7.11 Å². The number of esters is 1. The fraction of sp³-hybridized carbons (Fsp3) is 0.929. The molecule has 2 N–H and O–H groups in total. The second kappa shape index (κ2) is 6.53. The summed E-state index contributed by atoms with van der Waals surface area (Å²) in [5.41, 5.74) is 4.99. The summed E-state index contributed by atoms with van der Waals surface area (Å²) < 4.78 is 10.7. The number of methoxy groups -OCH3 is 1. The Bertz CT molecular complexity index is 278. The zero-order chi connectivity index (χ0) is 13.8. The topological polar surface area (TPSA) is 61.5 Å². The lowest BCUT2D eigenvalue weighted by Gasteiger charge is -2.32. The lowest BCUT2D eigenvalue weighted by molar-refractivity contribution is -0.148. The van der Waals surface area contributed by atoms with Gasteiger partial charge in [0.1, 0.15) is 5.54 Å². The molecule has 0 aliphatic heterocycles. The van der Waals surface area contributed by atoms with Crippen LogP contribution in [0.25, 0.3) is 0 Å². The van der Waals surface area contributed by atoms with Crippen LogP contribution in [0.3, 0.4) is 0 Å². The molecule has 0 radical (unpaired) electrons. The summed E-state index contributed by atoms with van der Waals surface area (Å²) in [6.07, 6.45) is 5.55. The van der Waals surface area contributed by atoms with E-state index in [1.54, 1.807) is 6.92 Å². The zero-order valence-electron chi connectivity index (χ0n) is 12.1. The third-order valence-electron chi connectivity index (χ3n) is 3.68. The van der Waals surface area contributed by atoms with Crippen LogP contribution in [0, 0.1) is 5.92 Å². The van der Waals surface area contributed by atoms with E-state index in [4.69, 9.17) is 15.2 Å². The minimum absolute atomic E-state index is 0.0191. The molecule has 0 aromatic rings. The largest absolute Gasteiger partial charge is 0.468 e. The fourth-order valence-electron chi connectivity index (χ4n) is 2.79. The molecule has 0 aromatic carbocycles. The van der Waals surface area contributed by atoms with E-state index in [2.05, 4.69) is 6.92 Å². The van der Waals surface area contributed by atoms with Crippen molar-refractivity contribution in [3.63, 3.8) is 0 Å². The summed E-state index contributed by atoms with van der Waals surface area (Å²) >= 11 is 0. The highest BCUT2D eigenvalue weighted by Gasteiger charge is 2.32. The minimum atomic E-state index is -0.964. The highest BCUT2D eigenvalue weighted by molar-refractivity contribution is 5.79. The predicted octanol–water partition coefficient (Wildman–Crippen LogP) is 2.25. The summed E-state index contributed by atoms with van der Waals surface area (Å²) in [5, 5.41) is 0. The summed E-state index contributed by atoms with van der Waals surface area (Å²) in [6.45, 7) is 5.94. The maximum atomic E-state index is 11.5. The van der Waals surface area contributed by atoms with E-state index >= 15 is 0 Å². The summed E-state index contributed by atoms with van der Waals surface area (Å²) in [7, 11) is 1.36. The second-order valence-corrected chi connectivity index (χ2v) is 5.95. The monoisotopic (exact) mass is 257 g/mol. The van der Waals surface area contributed by atoms with Gasteiger partial charge in [-0.05, 0) is 32.6 Å². The first kappa shape index (κ1) is 15.4. The molecule has 0 heterocycles. The Kier molecular flexibility index (Phi) is 5.60. The molecule has 1 fully saturated rings. The molecular weight excluding hydrogens is 230 g/mol. The average Bonchev–Trinajstić information content (AvgIpc) is 2.26. The van der Waals surface area contributed by atoms with E-state index in [0.717, 1.165) is 18.8 Å². The first-order valence-electron chi connectivity index (χ1n) is 6.88. The molecule has 1 aliphatic carbocycles. The van der Waals surface area contributed by atoms with Gasteiger partial charge in [0.2, 0.25) is 0 Å². The van der Waals surface area contributed by atoms with E-state index in [1.165, 1.54) is 20.0 Å². The van der Waals surface area contributed by atoms with E-state index in [-0.39, 0.29) is 12.1 Å². The van der Waals surface area contributed by atoms with Gasteiger partial charge in [0, 0.05) is 6.42 Å². The Morgan fingerprint density at radius 1 is 1.50 bits per heavy atom. The normalized spacial score (nSPS) is 29.4. The third kappa shape index (κ3) is 4.58. The van der Waals surface area contributed by atoms with Crippen molar-refractivity contribution >= 4 is 5.97 Å². The molecule has 106 valence electrons. The van der Waals surface area contributed by atoms with Crippen LogP contribution in [-0.4, -0.2) is 30.8 Å². The number of nitrogens with two attached hydrogens (primary N) is 1. The van der Waals surface area contributed by atoms with Crippen molar-refractivity contribution in [3.05, 3.63) is 0 Å². The molecule has 18 heavy (non-hydrogen) atoms. The Balaban J connectivity index is 2.41. The zero-order valence-corrected chi connectivity index (χ0v) is 12.1. The van der Waals surface area contributed by atoms with Gasteiger partial charge in [-0.1, -0.05) is 19.8 Å². The smallest absolute Gasteiger partial charge is 0.325 e. The van der Waals surface area contributed by atoms with Crippen LogP contribution in [0.15, 0.2) is 0 Å². The highest BCUT2D eigenvalue weighted by Crippen LogP contribution is 2.27. The molecule has 0 amide bonds. The van der Waals surface area contributed by atoms with Gasteiger partial charge in [-0.25, -0.2) is 0 Å². The van der Waals surface area contributed by atoms with Crippen LogP contribution in [0.2, 0.25) is 0 Å². The number of carbonyl (C=O) groups excluding carboxylic acids is 1. The van der Waals surface area contributed by atoms with Crippen molar-refractivity contribution in [3.8, 4) is 0 Å². The quantitative estimate of drug-likeness (QED) is 0.767. The van der Waals surface area contributed by atoms with Crippen molar-refractivity contribution in [2.45, 2.75) is 70.6 Å². The first-order valence-corrected chi connectivity index (χ1v) is 6.88. The van der Waals surface area contributed by atoms with Crippen molar-refractivity contribution in [2.24, 2.45) is 11.7 Å². The average molecular weight is 257 g/mol. The van der Waals surface area contributed by atoms with Crippen LogP contribution < -0.4 is 5.73 Å². The third-order valence-corrected chi connectivity index (χ3v) is 3.68. The predicted molar refractivity (Wildman–Crippen MR) is 71.2 cm³/mol. The van der Waals surface area contributed by atoms with Gasteiger partial charge >= 0.3 is 5.97 Å². The number of carbonyl (C=O) groups is 1. The van der Waals surface area contributed by atoms with Gasteiger partial charge in [-0.15, -0.1) is 0 Å². The highest BCUT2D eigenvalue weighted by atomic mass is 16.5. The summed E-state index contributed by atoms with van der Waals surface area (Å²) in [6, 6.07) is 0. The molecule has 0 aromatic heterocycles. The molecular formula is C14H27NO3. The standard InChI is InChI=1S/C14H27NO3/c1-10-6-5-7-12(8-10)18-11(2)9-14(3,15)13(16)17-4/h10-12H,5-9,15H2,1-4H3. The van der Waals surface area contributed by atoms with Crippen LogP contribution in [0.1, 0.15) is 52.9 Å². The minimum Gasteiger partial charge on any atom is -0.468 e. The Morgan fingerprint density at radius 3 is 2.72 bits per heavy atom. The Hall–Kier alpha value is -0.610. The maximum absolute atomic E-state index is 11.5. The van der Waals surface area contributed by atoms with Gasteiger partial charge in [0.15, 0.2) is 0 Å². The molecule has 0 spiro atoms. The van der Waals surface area contributed by atoms with Gasteiger partial charge in [0.05, 0.1) is 19.3 Å². The van der Waals surface area contributed by atoms with E-state index < -0.39 is 5.54 Å². The number of rotatable bonds is 5. The summed E-state index contributed by atoms with van der Waals surface area (Å²) in [5.74, 6) is 0.357. The van der Waals surface area contributed by atoms with Crippen molar-refractivity contribution < 1.29 is 14.3 Å². The molecule has 4 atom stereocenters. The summed E-state index contributed by atoms with van der Waals surface area (Å²) in [4.78, 5) is 11.5. The molecule has 0 saturated heterocycles. The number of hydrogen-bond acceptors (Lipinski definition) is 4. The molecule has 0 bridgehead atoms. The van der Waals surface area contributed by atoms with Gasteiger partial charge in [-0.3, -0.25) is 4.79 Å². The van der Waals surface area contributed by atoms with Gasteiger partial charge in [-0.2, -0.15) is 0 Å². The van der Waals surface area contributed by atoms with E-state index in [0.29, 0.717) is 12.5 Å². The fourth-order valence-corrected chi connectivity index (χ4v) is 2.79. The number of hydrogen-bond donors (Lipinski definition) is 1. The SMILES string of the molecule is COC(=O)C(C)(N)CC(C)OC1CCCC(C)C1. The lowest BCUT2D eigenvalue weighted by atomic mass is 9.88. The first-order chi connectivity index (χ1) is 8.35. The molecule has 4 unspecified atom stereocenters. The molecule has 1 rings (SSSR count). The van der Waals surface area contributed by atoms with Gasteiger partial charge in [0.25, 0.3) is 0 Å². The van der Waals surface area contributed by atoms with Crippen molar-refractivity contribution in [1.29, 1.82) is 0 Å². The molecule has 1 saturated carbocycles. The van der Waals surface area contributed by atoms with Gasteiger partial charge < -0.3 is 15.2 Å². The van der Waals surface area contributed by atoms with Crippen molar-refractivity contribution in [1.82, 2.24) is 0 Å². The number of ether oxygens (including phenoxy) is 2. The van der Waals surface area contributed by atoms with Crippen LogP contribution >= 0.6 is 0 Å². The Labute approximate surface area is 110 Å². The van der Waals surface area contributed by atoms with Crippen LogP contribution in [0.4, 0.5) is 0 Å². The molecule has 4 nitrogen and oxygen atoms in total. The lowest BCUT2D eigenvalue weighted by Crippen LogP contribution is -2.48. The Morgan fingerprint density at radius 2 is 2.17 bits per heavy atom. The van der Waals surface area contributed by atoms with Crippen LogP contribution in [-0.2, 0) is 14.3 Å². The maximum Gasteiger partial charge on any atom is 0.325 e. The van der Waals surface area contributed by atoms with E-state index in [1.807, 2.05) is 6.92 Å². The van der Waals surface area contributed by atoms with E-state index in [9.17, 15) is 4.79 Å². The second-order valence-electron chi connectivity index (χ2n) is 5.95.